The van der Waals surface area contributed by atoms with Gasteiger partial charge in [0.25, 0.3) is 0 Å². The van der Waals surface area contributed by atoms with Gasteiger partial charge in [-0.3, -0.25) is 0 Å². The van der Waals surface area contributed by atoms with E-state index in [1.807, 2.05) is 0 Å². The fourth-order valence-electron chi connectivity index (χ4n) is 1.78. The van der Waals surface area contributed by atoms with Crippen LogP contribution in [0.1, 0.15) is 24.1 Å². The summed E-state index contributed by atoms with van der Waals surface area (Å²) < 4.78 is 32.6. The van der Waals surface area contributed by atoms with Crippen LogP contribution in [0.15, 0.2) is 30.3 Å². The third-order valence-corrected chi connectivity index (χ3v) is 3.21. The predicted octanol–water partition coefficient (Wildman–Crippen LogP) is 4.74. The molecule has 2 rings (SSSR count). The van der Waals surface area contributed by atoms with Crippen LogP contribution in [0.5, 0.6) is 11.5 Å². The van der Waals surface area contributed by atoms with Crippen molar-refractivity contribution in [3.63, 3.8) is 0 Å². The summed E-state index contributed by atoms with van der Waals surface area (Å²) >= 11 is 5.61. The lowest BCUT2D eigenvalue weighted by molar-refractivity contribution is 0.463. The van der Waals surface area contributed by atoms with Gasteiger partial charge in [-0.25, -0.2) is 8.78 Å². The van der Waals surface area contributed by atoms with Crippen molar-refractivity contribution in [1.29, 1.82) is 0 Å². The number of benzene rings is 2. The van der Waals surface area contributed by atoms with E-state index in [1.165, 1.54) is 24.3 Å². The van der Waals surface area contributed by atoms with E-state index in [0.717, 1.165) is 0 Å². The van der Waals surface area contributed by atoms with Crippen LogP contribution in [0.4, 0.5) is 8.78 Å². The topological polar surface area (TPSA) is 35.2 Å². The Labute approximate surface area is 121 Å². The normalized spacial score (nSPS) is 12.3. The minimum Gasteiger partial charge on any atom is -0.457 e. The Balaban J connectivity index is 2.41. The van der Waals surface area contributed by atoms with Crippen molar-refractivity contribution in [3.05, 3.63) is 58.1 Å². The summed E-state index contributed by atoms with van der Waals surface area (Å²) in [5.74, 6) is -0.252. The molecule has 0 unspecified atom stereocenters. The van der Waals surface area contributed by atoms with Gasteiger partial charge in [0.05, 0.1) is 5.02 Å². The number of hydrogen-bond donors (Lipinski definition) is 1. The predicted molar refractivity (Wildman–Crippen MR) is 75.2 cm³/mol. The van der Waals surface area contributed by atoms with Crippen LogP contribution < -0.4 is 10.5 Å². The molecular weight excluding hydrogens is 284 g/mol. The molecular formula is C15H14ClF2NO. The van der Waals surface area contributed by atoms with Crippen molar-refractivity contribution in [2.24, 2.45) is 5.73 Å². The molecule has 2 N–H and O–H groups in total. The molecule has 0 spiro atoms. The second kappa shape index (κ2) is 5.77. The van der Waals surface area contributed by atoms with E-state index >= 15 is 0 Å². The monoisotopic (exact) mass is 297 g/mol. The van der Waals surface area contributed by atoms with E-state index in [1.54, 1.807) is 19.9 Å². The van der Waals surface area contributed by atoms with Gasteiger partial charge >= 0.3 is 0 Å². The first-order chi connectivity index (χ1) is 9.38. The highest BCUT2D eigenvalue weighted by molar-refractivity contribution is 6.30. The second-order valence-corrected chi connectivity index (χ2v) is 5.01. The largest absolute Gasteiger partial charge is 0.457 e. The van der Waals surface area contributed by atoms with Crippen molar-refractivity contribution in [2.45, 2.75) is 19.9 Å². The van der Waals surface area contributed by atoms with E-state index in [0.29, 0.717) is 16.9 Å². The number of ether oxygens (including phenoxy) is 1. The van der Waals surface area contributed by atoms with E-state index in [9.17, 15) is 8.78 Å². The third kappa shape index (κ3) is 3.08. The summed E-state index contributed by atoms with van der Waals surface area (Å²) in [6.45, 7) is 3.34. The Hall–Kier alpha value is -1.65. The van der Waals surface area contributed by atoms with E-state index < -0.39 is 11.9 Å². The van der Waals surface area contributed by atoms with Crippen LogP contribution in [-0.2, 0) is 0 Å². The molecule has 2 aromatic rings. The van der Waals surface area contributed by atoms with Crippen molar-refractivity contribution < 1.29 is 13.5 Å². The first-order valence-corrected chi connectivity index (χ1v) is 6.45. The molecule has 0 fully saturated rings. The number of nitrogens with two attached hydrogens (primary N) is 1. The molecule has 0 heterocycles. The summed E-state index contributed by atoms with van der Waals surface area (Å²) in [5, 5.41) is 0.0139. The Bertz CT molecular complexity index is 644. The zero-order chi connectivity index (χ0) is 14.9. The Morgan fingerprint density at radius 2 is 1.85 bits per heavy atom. The molecule has 0 amide bonds. The fraction of sp³-hybridized carbons (Fsp3) is 0.200. The maximum Gasteiger partial charge on any atom is 0.145 e. The van der Waals surface area contributed by atoms with Crippen LogP contribution in [0.3, 0.4) is 0 Å². The standard InChI is InChI=1S/C15H14ClF2NO/c1-8-5-15(11(9(2)19)7-13(8)17)20-10-3-4-12(16)14(18)6-10/h3-7,9H,19H2,1-2H3/t9-/m1/s1. The van der Waals surface area contributed by atoms with Crippen LogP contribution >= 0.6 is 11.6 Å². The van der Waals surface area contributed by atoms with Crippen molar-refractivity contribution >= 4 is 11.6 Å². The molecule has 2 aromatic carbocycles. The van der Waals surface area contributed by atoms with Gasteiger partial charge in [0, 0.05) is 17.7 Å². The minimum absolute atomic E-state index is 0.0139. The second-order valence-electron chi connectivity index (χ2n) is 4.61. The lowest BCUT2D eigenvalue weighted by Gasteiger charge is -2.15. The first-order valence-electron chi connectivity index (χ1n) is 6.07. The van der Waals surface area contributed by atoms with Gasteiger partial charge in [-0.2, -0.15) is 0 Å². The van der Waals surface area contributed by atoms with Crippen molar-refractivity contribution in [1.82, 2.24) is 0 Å². The molecule has 0 bridgehead atoms. The zero-order valence-electron chi connectivity index (χ0n) is 11.1. The van der Waals surface area contributed by atoms with Crippen LogP contribution in [0.25, 0.3) is 0 Å². The molecule has 106 valence electrons. The van der Waals surface area contributed by atoms with E-state index in [2.05, 4.69) is 0 Å². The third-order valence-electron chi connectivity index (χ3n) is 2.90. The molecule has 5 heteroatoms. The Morgan fingerprint density at radius 3 is 2.45 bits per heavy atom. The average Bonchev–Trinajstić information content (AvgIpc) is 2.37. The van der Waals surface area contributed by atoms with Gasteiger partial charge in [-0.05, 0) is 43.7 Å². The highest BCUT2D eigenvalue weighted by atomic mass is 35.5. The molecule has 0 radical (unpaired) electrons. The highest BCUT2D eigenvalue weighted by Gasteiger charge is 2.13. The quantitative estimate of drug-likeness (QED) is 0.888. The molecule has 0 saturated carbocycles. The van der Waals surface area contributed by atoms with Gasteiger partial charge in [0.15, 0.2) is 0 Å². The number of halogens is 3. The SMILES string of the molecule is Cc1cc(Oc2ccc(Cl)c(F)c2)c([C@@H](C)N)cc1F. The van der Waals surface area contributed by atoms with E-state index in [-0.39, 0.29) is 16.6 Å². The summed E-state index contributed by atoms with van der Waals surface area (Å²) in [6, 6.07) is 6.58. The van der Waals surface area contributed by atoms with E-state index in [4.69, 9.17) is 22.1 Å². The van der Waals surface area contributed by atoms with Crippen LogP contribution in [-0.4, -0.2) is 0 Å². The molecule has 0 saturated heterocycles. The summed E-state index contributed by atoms with van der Waals surface area (Å²) in [5.41, 5.74) is 6.75. The van der Waals surface area contributed by atoms with Gasteiger partial charge in [-0.1, -0.05) is 11.6 Å². The van der Waals surface area contributed by atoms with Crippen molar-refractivity contribution in [2.75, 3.05) is 0 Å². The summed E-state index contributed by atoms with van der Waals surface area (Å²) in [6.07, 6.45) is 0. The number of aryl methyl sites for hydroxylation is 1. The van der Waals surface area contributed by atoms with Gasteiger partial charge in [0.2, 0.25) is 0 Å². The zero-order valence-corrected chi connectivity index (χ0v) is 11.8. The summed E-state index contributed by atoms with van der Waals surface area (Å²) in [7, 11) is 0. The number of rotatable bonds is 3. The van der Waals surface area contributed by atoms with Crippen molar-refractivity contribution in [3.8, 4) is 11.5 Å². The molecule has 0 aliphatic carbocycles. The lowest BCUT2D eigenvalue weighted by Crippen LogP contribution is -2.08. The highest BCUT2D eigenvalue weighted by Crippen LogP contribution is 2.32. The van der Waals surface area contributed by atoms with Crippen LogP contribution in [0, 0.1) is 18.6 Å². The van der Waals surface area contributed by atoms with Crippen LogP contribution in [0.2, 0.25) is 5.02 Å². The van der Waals surface area contributed by atoms with Gasteiger partial charge in [-0.15, -0.1) is 0 Å². The van der Waals surface area contributed by atoms with Gasteiger partial charge in [0.1, 0.15) is 23.1 Å². The number of hydrogen-bond acceptors (Lipinski definition) is 2. The molecule has 0 aromatic heterocycles. The molecule has 2 nitrogen and oxygen atoms in total. The van der Waals surface area contributed by atoms with Gasteiger partial charge < -0.3 is 10.5 Å². The average molecular weight is 298 g/mol. The molecule has 1 atom stereocenters. The molecule has 0 aliphatic heterocycles. The Morgan fingerprint density at radius 1 is 1.15 bits per heavy atom. The minimum atomic E-state index is -0.578. The fourth-order valence-corrected chi connectivity index (χ4v) is 1.90. The first kappa shape index (κ1) is 14.8. The molecule has 0 aliphatic rings. The summed E-state index contributed by atoms with van der Waals surface area (Å²) in [4.78, 5) is 0. The maximum atomic E-state index is 13.6. The molecule has 20 heavy (non-hydrogen) atoms. The smallest absolute Gasteiger partial charge is 0.145 e. The Kier molecular flexibility index (Phi) is 4.26. The maximum absolute atomic E-state index is 13.6. The lowest BCUT2D eigenvalue weighted by atomic mass is 10.1.